The molecule has 18 heavy (non-hydrogen) atoms. The van der Waals surface area contributed by atoms with Crippen molar-refractivity contribution >= 4 is 5.97 Å². The van der Waals surface area contributed by atoms with Crippen LogP contribution >= 0.6 is 0 Å². The number of aliphatic carboxylic acids is 1. The molecule has 0 aliphatic rings. The Labute approximate surface area is 91.2 Å². The van der Waals surface area contributed by atoms with Gasteiger partial charge in [-0.1, -0.05) is 0 Å². The summed E-state index contributed by atoms with van der Waals surface area (Å²) in [6.07, 6.45) is -13.7. The van der Waals surface area contributed by atoms with Crippen LogP contribution in [0.2, 0.25) is 0 Å². The monoisotopic (exact) mass is 296 g/mol. The van der Waals surface area contributed by atoms with Crippen molar-refractivity contribution in [3.05, 3.63) is 0 Å². The third kappa shape index (κ3) is 2.61. The van der Waals surface area contributed by atoms with Crippen molar-refractivity contribution < 1.29 is 53.8 Å². The van der Waals surface area contributed by atoms with Crippen LogP contribution in [0.1, 0.15) is 0 Å². The normalized spacial score (nSPS) is 15.1. The molecule has 0 fully saturated rings. The standard InChI is InChI=1S/C6H2F10O2/c7-3(8,5(11,12)13)1(2(17)18)4(9,10)6(14,15)16/h1H,(H,17,18). The zero-order chi connectivity index (χ0) is 15.2. The van der Waals surface area contributed by atoms with Crippen molar-refractivity contribution in [1.29, 1.82) is 0 Å². The molecule has 0 heterocycles. The molecule has 0 saturated carbocycles. The molecule has 0 aromatic rings. The summed E-state index contributed by atoms with van der Waals surface area (Å²) in [5.41, 5.74) is 0. The average molecular weight is 296 g/mol. The lowest BCUT2D eigenvalue weighted by molar-refractivity contribution is -0.366. The summed E-state index contributed by atoms with van der Waals surface area (Å²) < 4.78 is 119. The third-order valence-electron chi connectivity index (χ3n) is 1.73. The first-order valence-corrected chi connectivity index (χ1v) is 3.68. The lowest BCUT2D eigenvalue weighted by Crippen LogP contribution is -2.59. The molecular formula is C6H2F10O2. The van der Waals surface area contributed by atoms with Gasteiger partial charge in [0.1, 0.15) is 0 Å². The second-order valence-corrected chi connectivity index (χ2v) is 3.01. The summed E-state index contributed by atoms with van der Waals surface area (Å²) >= 11 is 0. The van der Waals surface area contributed by atoms with Gasteiger partial charge in [-0.15, -0.1) is 0 Å². The van der Waals surface area contributed by atoms with Crippen LogP contribution in [0.25, 0.3) is 0 Å². The lowest BCUT2D eigenvalue weighted by Gasteiger charge is -2.32. The van der Waals surface area contributed by atoms with Gasteiger partial charge < -0.3 is 5.11 Å². The fourth-order valence-corrected chi connectivity index (χ4v) is 0.865. The van der Waals surface area contributed by atoms with Crippen LogP contribution in [0, 0.1) is 5.92 Å². The number of carboxylic acids is 1. The van der Waals surface area contributed by atoms with E-state index < -0.39 is 36.1 Å². The van der Waals surface area contributed by atoms with Crippen LogP contribution < -0.4 is 0 Å². The highest BCUT2D eigenvalue weighted by atomic mass is 19.4. The molecule has 12 heteroatoms. The van der Waals surface area contributed by atoms with E-state index in [1.807, 2.05) is 0 Å². The number of carbonyl (C=O) groups is 1. The molecule has 0 spiro atoms. The Morgan fingerprint density at radius 2 is 0.944 bits per heavy atom. The first kappa shape index (κ1) is 16.8. The Morgan fingerprint density at radius 3 is 1.06 bits per heavy atom. The maximum atomic E-state index is 12.4. The van der Waals surface area contributed by atoms with Crippen molar-refractivity contribution in [2.75, 3.05) is 0 Å². The van der Waals surface area contributed by atoms with Gasteiger partial charge in [0.2, 0.25) is 5.92 Å². The van der Waals surface area contributed by atoms with Crippen LogP contribution in [0.4, 0.5) is 43.9 Å². The van der Waals surface area contributed by atoms with Gasteiger partial charge in [0.25, 0.3) is 0 Å². The topological polar surface area (TPSA) is 37.3 Å². The second-order valence-electron chi connectivity index (χ2n) is 3.01. The summed E-state index contributed by atoms with van der Waals surface area (Å²) in [7, 11) is 0. The van der Waals surface area contributed by atoms with Gasteiger partial charge >= 0.3 is 30.2 Å². The molecule has 0 saturated heterocycles. The summed E-state index contributed by atoms with van der Waals surface area (Å²) in [6.45, 7) is 0. The Bertz CT molecular complexity index is 300. The quantitative estimate of drug-likeness (QED) is 0.813. The van der Waals surface area contributed by atoms with E-state index >= 15 is 0 Å². The number of hydrogen-bond acceptors (Lipinski definition) is 1. The SMILES string of the molecule is O=C(O)C(C(F)(F)C(F)(F)F)C(F)(F)C(F)(F)F. The molecule has 0 amide bonds. The van der Waals surface area contributed by atoms with Crippen molar-refractivity contribution in [3.63, 3.8) is 0 Å². The predicted octanol–water partition coefficient (Wildman–Crippen LogP) is 3.08. The van der Waals surface area contributed by atoms with Gasteiger partial charge in [0.15, 0.2) is 0 Å². The highest BCUT2D eigenvalue weighted by molar-refractivity contribution is 5.73. The van der Waals surface area contributed by atoms with Gasteiger partial charge in [0.05, 0.1) is 0 Å². The molecule has 1 N–H and O–H groups in total. The minimum absolute atomic E-state index is 3.63. The van der Waals surface area contributed by atoms with Gasteiger partial charge in [-0.2, -0.15) is 43.9 Å². The Hall–Kier alpha value is -1.23. The molecule has 0 radical (unpaired) electrons. The minimum Gasteiger partial charge on any atom is -0.481 e. The van der Waals surface area contributed by atoms with Crippen molar-refractivity contribution in [2.45, 2.75) is 24.2 Å². The Morgan fingerprint density at radius 1 is 0.722 bits per heavy atom. The van der Waals surface area contributed by atoms with E-state index in [1.165, 1.54) is 0 Å². The molecule has 2 nitrogen and oxygen atoms in total. The van der Waals surface area contributed by atoms with Gasteiger partial charge in [0, 0.05) is 0 Å². The van der Waals surface area contributed by atoms with Crippen LogP contribution in [0.15, 0.2) is 0 Å². The van der Waals surface area contributed by atoms with Crippen LogP contribution in [-0.2, 0) is 4.79 Å². The summed E-state index contributed by atoms with van der Waals surface area (Å²) in [5.74, 6) is -22.4. The average Bonchev–Trinajstić information content (AvgIpc) is 1.96. The molecule has 0 aromatic carbocycles. The molecule has 0 atom stereocenters. The zero-order valence-corrected chi connectivity index (χ0v) is 7.71. The van der Waals surface area contributed by atoms with Crippen LogP contribution in [-0.4, -0.2) is 35.3 Å². The largest absolute Gasteiger partial charge is 0.481 e. The highest BCUT2D eigenvalue weighted by Crippen LogP contribution is 2.52. The first-order valence-electron chi connectivity index (χ1n) is 3.68. The van der Waals surface area contributed by atoms with Gasteiger partial charge in [-0.25, -0.2) is 0 Å². The summed E-state index contributed by atoms with van der Waals surface area (Å²) in [4.78, 5) is 9.93. The first-order chi connectivity index (χ1) is 7.57. The number of hydrogen-bond donors (Lipinski definition) is 1. The Balaban J connectivity index is 5.85. The molecular weight excluding hydrogens is 294 g/mol. The van der Waals surface area contributed by atoms with E-state index in [-0.39, 0.29) is 0 Å². The maximum absolute atomic E-state index is 12.4. The van der Waals surface area contributed by atoms with E-state index in [4.69, 9.17) is 5.11 Å². The van der Waals surface area contributed by atoms with Crippen molar-refractivity contribution in [2.24, 2.45) is 5.92 Å². The molecule has 0 aliphatic carbocycles. The zero-order valence-electron chi connectivity index (χ0n) is 7.71. The van der Waals surface area contributed by atoms with Crippen LogP contribution in [0.3, 0.4) is 0 Å². The number of alkyl halides is 10. The molecule has 0 unspecified atom stereocenters. The van der Waals surface area contributed by atoms with Crippen molar-refractivity contribution in [1.82, 2.24) is 0 Å². The molecule has 0 aliphatic heterocycles. The number of rotatable bonds is 3. The summed E-state index contributed by atoms with van der Waals surface area (Å²) in [5, 5.41) is 7.81. The third-order valence-corrected chi connectivity index (χ3v) is 1.73. The smallest absolute Gasteiger partial charge is 0.454 e. The molecule has 108 valence electrons. The molecule has 0 rings (SSSR count). The Kier molecular flexibility index (Phi) is 3.87. The van der Waals surface area contributed by atoms with Crippen LogP contribution in [0.5, 0.6) is 0 Å². The van der Waals surface area contributed by atoms with E-state index in [9.17, 15) is 48.7 Å². The van der Waals surface area contributed by atoms with E-state index in [0.717, 1.165) is 0 Å². The fourth-order valence-electron chi connectivity index (χ4n) is 0.865. The van der Waals surface area contributed by atoms with E-state index in [0.29, 0.717) is 0 Å². The van der Waals surface area contributed by atoms with E-state index in [2.05, 4.69) is 0 Å². The van der Waals surface area contributed by atoms with Gasteiger partial charge in [-0.05, 0) is 0 Å². The highest BCUT2D eigenvalue weighted by Gasteiger charge is 2.78. The fraction of sp³-hybridized carbons (Fsp3) is 0.833. The summed E-state index contributed by atoms with van der Waals surface area (Å²) in [6, 6.07) is 0. The lowest BCUT2D eigenvalue weighted by atomic mass is 9.93. The predicted molar refractivity (Wildman–Crippen MR) is 33.1 cm³/mol. The van der Waals surface area contributed by atoms with Gasteiger partial charge in [-0.3, -0.25) is 4.79 Å². The number of carboxylic acid groups (broad SMARTS) is 1. The molecule has 0 bridgehead atoms. The second kappa shape index (κ2) is 4.16. The van der Waals surface area contributed by atoms with E-state index in [1.54, 1.807) is 0 Å². The van der Waals surface area contributed by atoms with Crippen molar-refractivity contribution in [3.8, 4) is 0 Å². The number of halogens is 10. The maximum Gasteiger partial charge on any atom is 0.454 e. The molecule has 0 aromatic heterocycles. The minimum atomic E-state index is -6.87.